The van der Waals surface area contributed by atoms with Crippen molar-refractivity contribution in [3.8, 4) is 11.5 Å². The van der Waals surface area contributed by atoms with E-state index in [9.17, 15) is 0 Å². The van der Waals surface area contributed by atoms with Crippen LogP contribution in [0, 0.1) is 0 Å². The summed E-state index contributed by atoms with van der Waals surface area (Å²) in [6, 6.07) is 3.93. The molecule has 0 bridgehead atoms. The zero-order valence-corrected chi connectivity index (χ0v) is 17.9. The molecular weight excluding hydrogens is 477 g/mol. The molecule has 132 valence electrons. The molecule has 0 atom stereocenters. The zero-order valence-electron chi connectivity index (χ0n) is 13.9. The highest BCUT2D eigenvalue weighted by Gasteiger charge is 2.10. The highest BCUT2D eigenvalue weighted by molar-refractivity contribution is 14.0. The maximum Gasteiger partial charge on any atom is 0.191 e. The lowest BCUT2D eigenvalue weighted by Crippen LogP contribution is -2.37. The third-order valence-corrected chi connectivity index (χ3v) is 3.58. The van der Waals surface area contributed by atoms with Crippen LogP contribution in [0.1, 0.15) is 12.0 Å². The molecule has 0 aliphatic carbocycles. The minimum atomic E-state index is 0. The van der Waals surface area contributed by atoms with E-state index in [2.05, 4.69) is 31.6 Å². The molecule has 0 aliphatic heterocycles. The van der Waals surface area contributed by atoms with Gasteiger partial charge in [-0.3, -0.25) is 4.99 Å². The fourth-order valence-corrected chi connectivity index (χ4v) is 2.55. The van der Waals surface area contributed by atoms with Gasteiger partial charge < -0.3 is 24.8 Å². The predicted octanol–water partition coefficient (Wildman–Crippen LogP) is 2.79. The van der Waals surface area contributed by atoms with E-state index in [1.807, 2.05) is 12.1 Å². The number of halogens is 2. The summed E-state index contributed by atoms with van der Waals surface area (Å²) >= 11 is 3.49. The van der Waals surface area contributed by atoms with E-state index < -0.39 is 0 Å². The van der Waals surface area contributed by atoms with Crippen molar-refractivity contribution < 1.29 is 14.2 Å². The Morgan fingerprint density at radius 3 is 2.48 bits per heavy atom. The van der Waals surface area contributed by atoms with Gasteiger partial charge in [-0.05, 0) is 40.0 Å². The Morgan fingerprint density at radius 2 is 1.91 bits per heavy atom. The number of methoxy groups -OCH3 is 3. The first-order valence-corrected chi connectivity index (χ1v) is 7.79. The third kappa shape index (κ3) is 7.58. The van der Waals surface area contributed by atoms with E-state index in [1.165, 1.54) is 0 Å². The summed E-state index contributed by atoms with van der Waals surface area (Å²) in [4.78, 5) is 4.19. The number of hydrogen-bond acceptors (Lipinski definition) is 4. The van der Waals surface area contributed by atoms with Gasteiger partial charge in [0.2, 0.25) is 0 Å². The van der Waals surface area contributed by atoms with Gasteiger partial charge in [-0.1, -0.05) is 0 Å². The maximum atomic E-state index is 5.34. The van der Waals surface area contributed by atoms with Crippen LogP contribution in [0.4, 0.5) is 0 Å². The molecule has 1 aromatic rings. The molecule has 0 unspecified atom stereocenters. The Bertz CT molecular complexity index is 501. The Labute approximate surface area is 163 Å². The van der Waals surface area contributed by atoms with Crippen LogP contribution in [0.3, 0.4) is 0 Å². The third-order valence-electron chi connectivity index (χ3n) is 2.99. The van der Waals surface area contributed by atoms with Crippen molar-refractivity contribution in [3.05, 3.63) is 22.2 Å². The zero-order chi connectivity index (χ0) is 16.4. The lowest BCUT2D eigenvalue weighted by atomic mass is 10.2. The van der Waals surface area contributed by atoms with Crippen LogP contribution >= 0.6 is 39.9 Å². The number of nitrogens with one attached hydrogen (secondary N) is 2. The SMILES string of the molecule is CN=C(NCCCOC)NCc1cc(Br)c(OC)c(OC)c1.I. The fourth-order valence-electron chi connectivity index (χ4n) is 1.90. The van der Waals surface area contributed by atoms with Crippen LogP contribution in [0.25, 0.3) is 0 Å². The highest BCUT2D eigenvalue weighted by Crippen LogP contribution is 2.36. The molecule has 0 aromatic heterocycles. The summed E-state index contributed by atoms with van der Waals surface area (Å²) in [5.41, 5.74) is 1.06. The molecule has 8 heteroatoms. The molecule has 1 aromatic carbocycles. The van der Waals surface area contributed by atoms with Gasteiger partial charge in [-0.2, -0.15) is 0 Å². The molecule has 1 rings (SSSR count). The molecule has 0 radical (unpaired) electrons. The van der Waals surface area contributed by atoms with Crippen molar-refractivity contribution in [2.45, 2.75) is 13.0 Å². The van der Waals surface area contributed by atoms with Crippen molar-refractivity contribution in [1.82, 2.24) is 10.6 Å². The van der Waals surface area contributed by atoms with Crippen LogP contribution < -0.4 is 20.1 Å². The molecule has 0 aliphatic rings. The number of hydrogen-bond donors (Lipinski definition) is 2. The molecule has 0 spiro atoms. The Morgan fingerprint density at radius 1 is 1.17 bits per heavy atom. The molecule has 0 heterocycles. The van der Waals surface area contributed by atoms with E-state index in [0.717, 1.165) is 35.6 Å². The summed E-state index contributed by atoms with van der Waals surface area (Å²) in [5.74, 6) is 2.13. The largest absolute Gasteiger partial charge is 0.493 e. The van der Waals surface area contributed by atoms with Crippen molar-refractivity contribution in [1.29, 1.82) is 0 Å². The van der Waals surface area contributed by atoms with Crippen LogP contribution in [-0.4, -0.2) is 47.5 Å². The number of aliphatic imine (C=N–C) groups is 1. The Hall–Kier alpha value is -0.740. The minimum Gasteiger partial charge on any atom is -0.493 e. The van der Waals surface area contributed by atoms with E-state index in [4.69, 9.17) is 14.2 Å². The second-order valence-corrected chi connectivity index (χ2v) is 5.37. The lowest BCUT2D eigenvalue weighted by Gasteiger charge is -2.14. The van der Waals surface area contributed by atoms with Crippen LogP contribution in [-0.2, 0) is 11.3 Å². The van der Waals surface area contributed by atoms with Gasteiger partial charge in [0.05, 0.1) is 18.7 Å². The van der Waals surface area contributed by atoms with E-state index in [0.29, 0.717) is 18.0 Å². The topological polar surface area (TPSA) is 64.1 Å². The smallest absolute Gasteiger partial charge is 0.191 e. The quantitative estimate of drug-likeness (QED) is 0.248. The Kier molecular flexibility index (Phi) is 12.2. The van der Waals surface area contributed by atoms with E-state index in [1.54, 1.807) is 28.4 Å². The first kappa shape index (κ1) is 22.3. The van der Waals surface area contributed by atoms with Crippen molar-refractivity contribution in [2.24, 2.45) is 4.99 Å². The normalized spacial score (nSPS) is 10.7. The molecule has 2 N–H and O–H groups in total. The average Bonchev–Trinajstić information content (AvgIpc) is 2.53. The van der Waals surface area contributed by atoms with Crippen molar-refractivity contribution in [3.63, 3.8) is 0 Å². The molecule has 0 saturated carbocycles. The van der Waals surface area contributed by atoms with Crippen molar-refractivity contribution >= 4 is 45.9 Å². The number of guanidine groups is 1. The summed E-state index contributed by atoms with van der Waals surface area (Å²) in [6.45, 7) is 2.17. The lowest BCUT2D eigenvalue weighted by molar-refractivity contribution is 0.195. The number of rotatable bonds is 8. The van der Waals surface area contributed by atoms with Gasteiger partial charge >= 0.3 is 0 Å². The van der Waals surface area contributed by atoms with E-state index >= 15 is 0 Å². The summed E-state index contributed by atoms with van der Waals surface area (Å²) in [6.07, 6.45) is 0.930. The van der Waals surface area contributed by atoms with Gasteiger partial charge in [0.1, 0.15) is 0 Å². The fraction of sp³-hybridized carbons (Fsp3) is 0.533. The second kappa shape index (κ2) is 12.7. The molecule has 0 amide bonds. The number of ether oxygens (including phenoxy) is 3. The summed E-state index contributed by atoms with van der Waals surface area (Å²) < 4.78 is 16.5. The monoisotopic (exact) mass is 501 g/mol. The van der Waals surface area contributed by atoms with E-state index in [-0.39, 0.29) is 24.0 Å². The summed E-state index contributed by atoms with van der Waals surface area (Å²) in [5, 5.41) is 6.49. The first-order valence-electron chi connectivity index (χ1n) is 7.00. The van der Waals surface area contributed by atoms with Crippen LogP contribution in [0.2, 0.25) is 0 Å². The number of benzene rings is 1. The van der Waals surface area contributed by atoms with Gasteiger partial charge in [0.25, 0.3) is 0 Å². The summed E-state index contributed by atoms with van der Waals surface area (Å²) in [7, 11) is 6.68. The first-order chi connectivity index (χ1) is 10.7. The van der Waals surface area contributed by atoms with Crippen molar-refractivity contribution in [2.75, 3.05) is 41.5 Å². The van der Waals surface area contributed by atoms with Gasteiger partial charge in [0.15, 0.2) is 17.5 Å². The second-order valence-electron chi connectivity index (χ2n) is 4.51. The molecule has 0 saturated heterocycles. The minimum absolute atomic E-state index is 0. The molecule has 23 heavy (non-hydrogen) atoms. The molecule has 6 nitrogen and oxygen atoms in total. The number of nitrogens with zero attached hydrogens (tertiary/aromatic N) is 1. The van der Waals surface area contributed by atoms with Crippen LogP contribution in [0.5, 0.6) is 11.5 Å². The standard InChI is InChI=1S/C15H24BrN3O3.HI/c1-17-15(18-6-5-7-20-2)19-10-11-8-12(16)14(22-4)13(9-11)21-3;/h8-9H,5-7,10H2,1-4H3,(H2,17,18,19);1H. The molecular formula is C15H25BrIN3O3. The van der Waals surface area contributed by atoms with Gasteiger partial charge in [-0.25, -0.2) is 0 Å². The molecule has 0 fully saturated rings. The average molecular weight is 502 g/mol. The van der Waals surface area contributed by atoms with Crippen LogP contribution in [0.15, 0.2) is 21.6 Å². The predicted molar refractivity (Wildman–Crippen MR) is 107 cm³/mol. The Balaban J connectivity index is 0.00000484. The highest BCUT2D eigenvalue weighted by atomic mass is 127. The van der Waals surface area contributed by atoms with Gasteiger partial charge in [-0.15, -0.1) is 24.0 Å². The maximum absolute atomic E-state index is 5.34. The van der Waals surface area contributed by atoms with Gasteiger partial charge in [0, 0.05) is 33.9 Å².